The molecule has 1 aliphatic carbocycles. The van der Waals surface area contributed by atoms with Crippen molar-refractivity contribution in [2.24, 2.45) is 0 Å². The van der Waals surface area contributed by atoms with E-state index in [0.29, 0.717) is 23.3 Å². The van der Waals surface area contributed by atoms with E-state index < -0.39 is 0 Å². The summed E-state index contributed by atoms with van der Waals surface area (Å²) in [5.41, 5.74) is 1.25. The van der Waals surface area contributed by atoms with Crippen molar-refractivity contribution < 1.29 is 14.6 Å². The maximum absolute atomic E-state index is 10.6. The standard InChI is InChI=1S/C11H10N2O2.CH4O/c14-6-8-5-7-1-4-10(13-11(7)12-8)15-9-2-3-9;1-2/h1,4-6,9H,2-3H2,(H,12,13);2H,1H3. The van der Waals surface area contributed by atoms with Gasteiger partial charge in [0.05, 0.1) is 5.69 Å². The Morgan fingerprint density at radius 3 is 2.88 bits per heavy atom. The Kier molecular flexibility index (Phi) is 3.39. The van der Waals surface area contributed by atoms with E-state index in [1.807, 2.05) is 12.1 Å². The van der Waals surface area contributed by atoms with Crippen molar-refractivity contribution in [1.82, 2.24) is 9.97 Å². The van der Waals surface area contributed by atoms with Crippen LogP contribution in [0.2, 0.25) is 0 Å². The van der Waals surface area contributed by atoms with Crippen LogP contribution in [0.15, 0.2) is 18.2 Å². The molecule has 1 saturated carbocycles. The number of carbonyl (C=O) groups is 1. The molecule has 5 heteroatoms. The van der Waals surface area contributed by atoms with E-state index in [2.05, 4.69) is 9.97 Å². The highest BCUT2D eigenvalue weighted by molar-refractivity contribution is 5.85. The molecule has 0 unspecified atom stereocenters. The number of hydrogen-bond donors (Lipinski definition) is 2. The number of aliphatic hydroxyl groups excluding tert-OH is 1. The molecule has 0 bridgehead atoms. The molecular formula is C12H14N2O3. The van der Waals surface area contributed by atoms with E-state index in [1.54, 1.807) is 6.07 Å². The number of carbonyl (C=O) groups excluding carboxylic acids is 1. The minimum atomic E-state index is 0.343. The summed E-state index contributed by atoms with van der Waals surface area (Å²) in [6.45, 7) is 0. The molecule has 3 rings (SSSR count). The van der Waals surface area contributed by atoms with E-state index in [1.165, 1.54) is 0 Å². The van der Waals surface area contributed by atoms with Crippen molar-refractivity contribution in [2.75, 3.05) is 7.11 Å². The molecule has 0 aromatic carbocycles. The SMILES string of the molecule is CO.O=Cc1cc2ccc(OC3CC3)nc2[nH]1. The number of aldehydes is 1. The van der Waals surface area contributed by atoms with Crippen molar-refractivity contribution >= 4 is 17.3 Å². The fourth-order valence-corrected chi connectivity index (χ4v) is 1.49. The molecule has 5 nitrogen and oxygen atoms in total. The molecule has 0 amide bonds. The number of aromatic nitrogens is 2. The lowest BCUT2D eigenvalue weighted by atomic mass is 10.3. The molecular weight excluding hydrogens is 220 g/mol. The van der Waals surface area contributed by atoms with Gasteiger partial charge in [-0.25, -0.2) is 0 Å². The molecule has 2 aromatic rings. The second-order valence-electron chi connectivity index (χ2n) is 3.75. The molecule has 1 fully saturated rings. The van der Waals surface area contributed by atoms with Crippen LogP contribution in [0.3, 0.4) is 0 Å². The van der Waals surface area contributed by atoms with Crippen LogP contribution in [0.5, 0.6) is 5.88 Å². The van der Waals surface area contributed by atoms with E-state index in [9.17, 15) is 4.79 Å². The topological polar surface area (TPSA) is 75.2 Å². The number of pyridine rings is 1. The first-order valence-corrected chi connectivity index (χ1v) is 5.41. The van der Waals surface area contributed by atoms with Gasteiger partial charge < -0.3 is 14.8 Å². The van der Waals surface area contributed by atoms with Gasteiger partial charge in [0, 0.05) is 18.6 Å². The van der Waals surface area contributed by atoms with Crippen LogP contribution in [0.1, 0.15) is 23.3 Å². The zero-order valence-electron chi connectivity index (χ0n) is 9.51. The molecule has 2 N–H and O–H groups in total. The van der Waals surface area contributed by atoms with Crippen molar-refractivity contribution in [1.29, 1.82) is 0 Å². The number of nitrogens with zero attached hydrogens (tertiary/aromatic N) is 1. The first kappa shape index (κ1) is 11.6. The Balaban J connectivity index is 0.000000514. The van der Waals surface area contributed by atoms with Crippen LogP contribution in [0, 0.1) is 0 Å². The molecule has 90 valence electrons. The average Bonchev–Trinajstić information content (AvgIpc) is 3.08. The zero-order chi connectivity index (χ0) is 12.3. The summed E-state index contributed by atoms with van der Waals surface area (Å²) >= 11 is 0. The molecule has 17 heavy (non-hydrogen) atoms. The summed E-state index contributed by atoms with van der Waals surface area (Å²) in [6, 6.07) is 5.52. The fourth-order valence-electron chi connectivity index (χ4n) is 1.49. The van der Waals surface area contributed by atoms with Gasteiger partial charge in [0.2, 0.25) is 5.88 Å². The van der Waals surface area contributed by atoms with Crippen molar-refractivity contribution in [3.05, 3.63) is 23.9 Å². The third kappa shape index (κ3) is 2.62. The fraction of sp³-hybridized carbons (Fsp3) is 0.333. The second-order valence-corrected chi connectivity index (χ2v) is 3.75. The highest BCUT2D eigenvalue weighted by Gasteiger charge is 2.24. The van der Waals surface area contributed by atoms with Crippen LogP contribution in [0.4, 0.5) is 0 Å². The molecule has 2 heterocycles. The summed E-state index contributed by atoms with van der Waals surface area (Å²) in [5.74, 6) is 0.629. The number of rotatable bonds is 3. The lowest BCUT2D eigenvalue weighted by Crippen LogP contribution is -1.97. The van der Waals surface area contributed by atoms with E-state index in [0.717, 1.165) is 31.6 Å². The molecule has 0 aliphatic heterocycles. The van der Waals surface area contributed by atoms with Gasteiger partial charge in [-0.05, 0) is 25.0 Å². The Morgan fingerprint density at radius 1 is 1.47 bits per heavy atom. The van der Waals surface area contributed by atoms with Gasteiger partial charge in [-0.1, -0.05) is 0 Å². The highest BCUT2D eigenvalue weighted by Crippen LogP contribution is 2.26. The number of nitrogens with one attached hydrogen (secondary N) is 1. The maximum Gasteiger partial charge on any atom is 0.215 e. The van der Waals surface area contributed by atoms with Gasteiger partial charge >= 0.3 is 0 Å². The van der Waals surface area contributed by atoms with Crippen molar-refractivity contribution in [3.63, 3.8) is 0 Å². The lowest BCUT2D eigenvalue weighted by molar-refractivity contribution is 0.111. The number of hydrogen-bond acceptors (Lipinski definition) is 4. The smallest absolute Gasteiger partial charge is 0.215 e. The van der Waals surface area contributed by atoms with Crippen LogP contribution >= 0.6 is 0 Å². The largest absolute Gasteiger partial charge is 0.474 e. The normalized spacial score (nSPS) is 14.0. The molecule has 0 radical (unpaired) electrons. The predicted octanol–water partition coefficient (Wildman–Crippen LogP) is 1.53. The first-order valence-electron chi connectivity index (χ1n) is 5.41. The number of fused-ring (bicyclic) bond motifs is 1. The Bertz CT molecular complexity index is 517. The van der Waals surface area contributed by atoms with Gasteiger partial charge in [0.1, 0.15) is 11.8 Å². The van der Waals surface area contributed by atoms with E-state index in [4.69, 9.17) is 9.84 Å². The van der Waals surface area contributed by atoms with E-state index >= 15 is 0 Å². The highest BCUT2D eigenvalue weighted by atomic mass is 16.5. The quantitative estimate of drug-likeness (QED) is 0.789. The summed E-state index contributed by atoms with van der Waals surface area (Å²) in [5, 5.41) is 7.93. The summed E-state index contributed by atoms with van der Waals surface area (Å²) in [7, 11) is 1.00. The predicted molar refractivity (Wildman–Crippen MR) is 63.3 cm³/mol. The van der Waals surface area contributed by atoms with Gasteiger partial charge in [0.15, 0.2) is 6.29 Å². The average molecular weight is 234 g/mol. The van der Waals surface area contributed by atoms with Gasteiger partial charge in [-0.2, -0.15) is 4.98 Å². The molecule has 0 atom stereocenters. The molecule has 1 aliphatic rings. The molecule has 2 aromatic heterocycles. The summed E-state index contributed by atoms with van der Waals surface area (Å²) in [6.07, 6.45) is 3.35. The number of H-pyrrole nitrogens is 1. The Labute approximate surface area is 98.4 Å². The number of aliphatic hydroxyl groups is 1. The number of ether oxygens (including phenoxy) is 1. The van der Waals surface area contributed by atoms with Gasteiger partial charge in [-0.3, -0.25) is 4.79 Å². The van der Waals surface area contributed by atoms with Crippen LogP contribution in [-0.2, 0) is 0 Å². The summed E-state index contributed by atoms with van der Waals surface area (Å²) in [4.78, 5) is 17.8. The zero-order valence-corrected chi connectivity index (χ0v) is 9.51. The Morgan fingerprint density at radius 2 is 2.24 bits per heavy atom. The van der Waals surface area contributed by atoms with E-state index in [-0.39, 0.29) is 0 Å². The summed E-state index contributed by atoms with van der Waals surface area (Å²) < 4.78 is 5.56. The monoisotopic (exact) mass is 234 g/mol. The van der Waals surface area contributed by atoms with Crippen molar-refractivity contribution in [2.45, 2.75) is 18.9 Å². The molecule has 0 saturated heterocycles. The number of aromatic amines is 1. The van der Waals surface area contributed by atoms with Gasteiger partial charge in [0.25, 0.3) is 0 Å². The van der Waals surface area contributed by atoms with Crippen LogP contribution in [0.25, 0.3) is 11.0 Å². The minimum absolute atomic E-state index is 0.343. The third-order valence-electron chi connectivity index (χ3n) is 2.41. The second kappa shape index (κ2) is 4.97. The van der Waals surface area contributed by atoms with Crippen LogP contribution < -0.4 is 4.74 Å². The maximum atomic E-state index is 10.6. The minimum Gasteiger partial charge on any atom is -0.474 e. The molecule has 0 spiro atoms. The Hall–Kier alpha value is -1.88. The first-order chi connectivity index (χ1) is 8.35. The van der Waals surface area contributed by atoms with Crippen LogP contribution in [-0.4, -0.2) is 34.6 Å². The van der Waals surface area contributed by atoms with Crippen molar-refractivity contribution in [3.8, 4) is 5.88 Å². The van der Waals surface area contributed by atoms with Gasteiger partial charge in [-0.15, -0.1) is 0 Å². The lowest BCUT2D eigenvalue weighted by Gasteiger charge is -2.01. The third-order valence-corrected chi connectivity index (χ3v) is 2.41.